The SMILES string of the molecule is CCCC(C)N(C)CC1CSCCN1. The number of likely N-dealkylation sites (N-methyl/N-ethyl adjacent to an activating group) is 1. The van der Waals surface area contributed by atoms with Gasteiger partial charge in [0.25, 0.3) is 0 Å². The minimum atomic E-state index is 0.707. The third-order valence-electron chi connectivity index (χ3n) is 2.97. The van der Waals surface area contributed by atoms with Gasteiger partial charge >= 0.3 is 0 Å². The Bertz CT molecular complexity index is 146. The molecule has 0 aromatic carbocycles. The normalized spacial score (nSPS) is 25.3. The van der Waals surface area contributed by atoms with Crippen LogP contribution in [0.5, 0.6) is 0 Å². The monoisotopic (exact) mass is 216 g/mol. The minimum absolute atomic E-state index is 0.707. The van der Waals surface area contributed by atoms with E-state index in [0.717, 1.165) is 6.04 Å². The van der Waals surface area contributed by atoms with Gasteiger partial charge in [-0.05, 0) is 20.4 Å². The summed E-state index contributed by atoms with van der Waals surface area (Å²) in [5, 5.41) is 3.58. The van der Waals surface area contributed by atoms with Gasteiger partial charge in [0.15, 0.2) is 0 Å². The van der Waals surface area contributed by atoms with Gasteiger partial charge in [-0.15, -0.1) is 0 Å². The van der Waals surface area contributed by atoms with E-state index in [1.165, 1.54) is 37.4 Å². The van der Waals surface area contributed by atoms with Gasteiger partial charge in [0, 0.05) is 36.7 Å². The van der Waals surface area contributed by atoms with Crippen molar-refractivity contribution in [3.8, 4) is 0 Å². The van der Waals surface area contributed by atoms with E-state index >= 15 is 0 Å². The Hall–Kier alpha value is 0.270. The van der Waals surface area contributed by atoms with Crippen LogP contribution in [-0.2, 0) is 0 Å². The molecule has 2 nitrogen and oxygen atoms in total. The molecule has 2 atom stereocenters. The summed E-state index contributed by atoms with van der Waals surface area (Å²) in [5.74, 6) is 2.56. The van der Waals surface area contributed by atoms with Crippen molar-refractivity contribution in [2.75, 3.05) is 31.6 Å². The number of nitrogens with zero attached hydrogens (tertiary/aromatic N) is 1. The average Bonchev–Trinajstić information content (AvgIpc) is 2.19. The molecule has 1 saturated heterocycles. The molecule has 1 aliphatic rings. The highest BCUT2D eigenvalue weighted by molar-refractivity contribution is 7.99. The van der Waals surface area contributed by atoms with Crippen LogP contribution in [0.4, 0.5) is 0 Å². The molecule has 1 aliphatic heterocycles. The van der Waals surface area contributed by atoms with Crippen LogP contribution in [-0.4, -0.2) is 48.6 Å². The van der Waals surface area contributed by atoms with E-state index in [-0.39, 0.29) is 0 Å². The highest BCUT2D eigenvalue weighted by Crippen LogP contribution is 2.11. The van der Waals surface area contributed by atoms with Crippen LogP contribution in [0.2, 0.25) is 0 Å². The molecule has 3 heteroatoms. The molecule has 14 heavy (non-hydrogen) atoms. The Balaban J connectivity index is 2.20. The predicted octanol–water partition coefficient (Wildman–Crippen LogP) is 1.81. The second kappa shape index (κ2) is 6.70. The lowest BCUT2D eigenvalue weighted by Crippen LogP contribution is -2.47. The van der Waals surface area contributed by atoms with Crippen LogP contribution >= 0.6 is 11.8 Å². The second-order valence-corrected chi connectivity index (χ2v) is 5.45. The molecule has 2 unspecified atom stereocenters. The summed E-state index contributed by atoms with van der Waals surface area (Å²) in [6.45, 7) is 6.98. The van der Waals surface area contributed by atoms with Gasteiger partial charge in [0.1, 0.15) is 0 Å². The van der Waals surface area contributed by atoms with E-state index in [2.05, 4.69) is 42.9 Å². The molecule has 0 aliphatic carbocycles. The third-order valence-corrected chi connectivity index (χ3v) is 4.10. The summed E-state index contributed by atoms with van der Waals surface area (Å²) >= 11 is 2.08. The van der Waals surface area contributed by atoms with Crippen LogP contribution in [0, 0.1) is 0 Å². The average molecular weight is 216 g/mol. The van der Waals surface area contributed by atoms with Crippen molar-refractivity contribution in [3.05, 3.63) is 0 Å². The molecule has 0 spiro atoms. The summed E-state index contributed by atoms with van der Waals surface area (Å²) in [4.78, 5) is 2.49. The van der Waals surface area contributed by atoms with Gasteiger partial charge in [0.05, 0.1) is 0 Å². The fraction of sp³-hybridized carbons (Fsp3) is 1.00. The molecule has 0 radical (unpaired) electrons. The molecule has 1 N–H and O–H groups in total. The van der Waals surface area contributed by atoms with Crippen molar-refractivity contribution in [2.24, 2.45) is 0 Å². The van der Waals surface area contributed by atoms with Crippen LogP contribution in [0.3, 0.4) is 0 Å². The van der Waals surface area contributed by atoms with Crippen molar-refractivity contribution < 1.29 is 0 Å². The quantitative estimate of drug-likeness (QED) is 0.754. The first kappa shape index (κ1) is 12.3. The van der Waals surface area contributed by atoms with Crippen LogP contribution in [0.15, 0.2) is 0 Å². The lowest BCUT2D eigenvalue weighted by Gasteiger charge is -2.31. The van der Waals surface area contributed by atoms with E-state index in [0.29, 0.717) is 6.04 Å². The summed E-state index contributed by atoms with van der Waals surface area (Å²) in [6, 6.07) is 1.44. The standard InChI is InChI=1S/C11H24N2S/c1-4-5-10(2)13(3)8-11-9-14-7-6-12-11/h10-12H,4-9H2,1-3H3. The maximum atomic E-state index is 3.58. The van der Waals surface area contributed by atoms with Crippen LogP contribution < -0.4 is 5.32 Å². The van der Waals surface area contributed by atoms with Gasteiger partial charge in [-0.2, -0.15) is 11.8 Å². The van der Waals surface area contributed by atoms with Gasteiger partial charge in [-0.1, -0.05) is 13.3 Å². The molecular weight excluding hydrogens is 192 g/mol. The molecule has 1 rings (SSSR count). The molecule has 0 aromatic rings. The molecule has 84 valence electrons. The number of rotatable bonds is 5. The zero-order valence-electron chi connectivity index (χ0n) is 9.75. The first-order chi connectivity index (χ1) is 6.74. The Morgan fingerprint density at radius 3 is 2.93 bits per heavy atom. The number of hydrogen-bond acceptors (Lipinski definition) is 3. The van der Waals surface area contributed by atoms with E-state index in [1.807, 2.05) is 0 Å². The molecule has 0 aromatic heterocycles. The van der Waals surface area contributed by atoms with E-state index < -0.39 is 0 Å². The Labute approximate surface area is 92.8 Å². The second-order valence-electron chi connectivity index (χ2n) is 4.30. The minimum Gasteiger partial charge on any atom is -0.311 e. The summed E-state index contributed by atoms with van der Waals surface area (Å²) in [6.07, 6.45) is 2.61. The number of thioether (sulfide) groups is 1. The molecule has 1 heterocycles. The van der Waals surface area contributed by atoms with E-state index in [1.54, 1.807) is 0 Å². The van der Waals surface area contributed by atoms with Gasteiger partial charge in [-0.3, -0.25) is 0 Å². The molecule has 0 amide bonds. The van der Waals surface area contributed by atoms with Crippen molar-refractivity contribution in [1.82, 2.24) is 10.2 Å². The Morgan fingerprint density at radius 1 is 1.57 bits per heavy atom. The fourth-order valence-electron chi connectivity index (χ4n) is 1.90. The summed E-state index contributed by atoms with van der Waals surface area (Å²) in [5.41, 5.74) is 0. The molecule has 1 fully saturated rings. The topological polar surface area (TPSA) is 15.3 Å². The lowest BCUT2D eigenvalue weighted by molar-refractivity contribution is 0.224. The Morgan fingerprint density at radius 2 is 2.36 bits per heavy atom. The highest BCUT2D eigenvalue weighted by Gasteiger charge is 2.17. The zero-order chi connectivity index (χ0) is 10.4. The molecule has 0 saturated carbocycles. The van der Waals surface area contributed by atoms with E-state index in [4.69, 9.17) is 0 Å². The third kappa shape index (κ3) is 4.20. The fourth-order valence-corrected chi connectivity index (χ4v) is 2.84. The number of hydrogen-bond donors (Lipinski definition) is 1. The van der Waals surface area contributed by atoms with Gasteiger partial charge < -0.3 is 10.2 Å². The van der Waals surface area contributed by atoms with Gasteiger partial charge in [-0.25, -0.2) is 0 Å². The van der Waals surface area contributed by atoms with Gasteiger partial charge in [0.2, 0.25) is 0 Å². The Kier molecular flexibility index (Phi) is 5.90. The molecule has 0 bridgehead atoms. The highest BCUT2D eigenvalue weighted by atomic mass is 32.2. The lowest BCUT2D eigenvalue weighted by atomic mass is 10.1. The number of nitrogens with one attached hydrogen (secondary N) is 1. The van der Waals surface area contributed by atoms with Crippen molar-refractivity contribution in [3.63, 3.8) is 0 Å². The first-order valence-corrected chi connectivity index (χ1v) is 6.91. The smallest absolute Gasteiger partial charge is 0.0285 e. The van der Waals surface area contributed by atoms with Crippen molar-refractivity contribution in [1.29, 1.82) is 0 Å². The van der Waals surface area contributed by atoms with Crippen LogP contribution in [0.25, 0.3) is 0 Å². The van der Waals surface area contributed by atoms with Crippen molar-refractivity contribution in [2.45, 2.75) is 38.8 Å². The van der Waals surface area contributed by atoms with Crippen LogP contribution in [0.1, 0.15) is 26.7 Å². The zero-order valence-corrected chi connectivity index (χ0v) is 10.6. The maximum absolute atomic E-state index is 3.58. The van der Waals surface area contributed by atoms with E-state index in [9.17, 15) is 0 Å². The van der Waals surface area contributed by atoms with Crippen molar-refractivity contribution >= 4 is 11.8 Å². The largest absolute Gasteiger partial charge is 0.311 e. The maximum Gasteiger partial charge on any atom is 0.0285 e. The predicted molar refractivity (Wildman–Crippen MR) is 66.1 cm³/mol. The summed E-state index contributed by atoms with van der Waals surface area (Å²) < 4.78 is 0. The first-order valence-electron chi connectivity index (χ1n) is 5.75. The summed E-state index contributed by atoms with van der Waals surface area (Å²) in [7, 11) is 2.25. The molecular formula is C11H24N2S.